The van der Waals surface area contributed by atoms with Crippen molar-refractivity contribution < 1.29 is 22.3 Å². The van der Waals surface area contributed by atoms with Crippen LogP contribution < -0.4 is 10.0 Å². The van der Waals surface area contributed by atoms with Crippen LogP contribution in [-0.4, -0.2) is 70.9 Å². The number of ether oxygens (including phenoxy) is 1. The molecule has 0 aromatic heterocycles. The molecular formula is C15H22FN3O4S. The summed E-state index contributed by atoms with van der Waals surface area (Å²) < 4.78 is 44.3. The zero-order chi connectivity index (χ0) is 17.4. The van der Waals surface area contributed by atoms with E-state index in [0.717, 1.165) is 13.1 Å². The summed E-state index contributed by atoms with van der Waals surface area (Å²) in [6, 6.07) is 5.05. The molecule has 1 aromatic carbocycles. The van der Waals surface area contributed by atoms with Crippen LogP contribution in [0.2, 0.25) is 0 Å². The van der Waals surface area contributed by atoms with Crippen LogP contribution in [0, 0.1) is 5.82 Å². The maximum atomic E-state index is 12.8. The molecule has 0 spiro atoms. The summed E-state index contributed by atoms with van der Waals surface area (Å²) in [6.07, 6.45) is 0. The van der Waals surface area contributed by atoms with Gasteiger partial charge in [0.1, 0.15) is 5.82 Å². The molecule has 0 bridgehead atoms. The lowest BCUT2D eigenvalue weighted by molar-refractivity contribution is 0.0390. The van der Waals surface area contributed by atoms with E-state index in [9.17, 15) is 17.6 Å². The molecule has 9 heteroatoms. The highest BCUT2D eigenvalue weighted by Gasteiger charge is 2.14. The number of sulfonamides is 1. The SMILES string of the molecule is O=C(NCCS(=O)(=O)NCCN1CCOCC1)c1ccc(F)cc1. The Balaban J connectivity index is 1.66. The number of carbonyl (C=O) groups excluding carboxylic acids is 1. The van der Waals surface area contributed by atoms with E-state index in [1.807, 2.05) is 0 Å². The normalized spacial score (nSPS) is 16.0. The number of halogens is 1. The zero-order valence-corrected chi connectivity index (χ0v) is 14.1. The molecule has 2 N–H and O–H groups in total. The number of nitrogens with zero attached hydrogens (tertiary/aromatic N) is 1. The average Bonchev–Trinajstić information content (AvgIpc) is 2.56. The Morgan fingerprint density at radius 1 is 1.17 bits per heavy atom. The standard InChI is InChI=1S/C15H22FN3O4S/c16-14-3-1-13(2-4-14)15(20)17-6-12-24(21,22)18-5-7-19-8-10-23-11-9-19/h1-4,18H,5-12H2,(H,17,20). The molecular weight excluding hydrogens is 337 g/mol. The summed E-state index contributed by atoms with van der Waals surface area (Å²) in [6.45, 7) is 3.89. The van der Waals surface area contributed by atoms with Gasteiger partial charge in [-0.1, -0.05) is 0 Å². The number of hydrogen-bond acceptors (Lipinski definition) is 5. The van der Waals surface area contributed by atoms with E-state index in [2.05, 4.69) is 14.9 Å². The number of morpholine rings is 1. The van der Waals surface area contributed by atoms with Crippen molar-refractivity contribution in [2.45, 2.75) is 0 Å². The molecule has 0 radical (unpaired) electrons. The maximum absolute atomic E-state index is 12.8. The molecule has 7 nitrogen and oxygen atoms in total. The summed E-state index contributed by atoms with van der Waals surface area (Å²) in [7, 11) is -3.45. The average molecular weight is 359 g/mol. The van der Waals surface area contributed by atoms with Gasteiger partial charge in [0.25, 0.3) is 5.91 Å². The van der Waals surface area contributed by atoms with Crippen LogP contribution in [0.1, 0.15) is 10.4 Å². The molecule has 1 saturated heterocycles. The second-order valence-electron chi connectivity index (χ2n) is 5.43. The lowest BCUT2D eigenvalue weighted by Crippen LogP contribution is -2.42. The zero-order valence-electron chi connectivity index (χ0n) is 13.3. The largest absolute Gasteiger partial charge is 0.379 e. The minimum atomic E-state index is -3.45. The number of benzene rings is 1. The summed E-state index contributed by atoms with van der Waals surface area (Å²) in [5.41, 5.74) is 0.286. The van der Waals surface area contributed by atoms with Crippen molar-refractivity contribution in [1.82, 2.24) is 14.9 Å². The second kappa shape index (κ2) is 9.07. The van der Waals surface area contributed by atoms with E-state index in [1.165, 1.54) is 24.3 Å². The molecule has 0 aliphatic carbocycles. The van der Waals surface area contributed by atoms with E-state index in [4.69, 9.17) is 4.74 Å². The lowest BCUT2D eigenvalue weighted by Gasteiger charge is -2.26. The van der Waals surface area contributed by atoms with Gasteiger partial charge in [-0.3, -0.25) is 9.69 Å². The summed E-state index contributed by atoms with van der Waals surface area (Å²) >= 11 is 0. The fourth-order valence-electron chi connectivity index (χ4n) is 2.26. The van der Waals surface area contributed by atoms with Gasteiger partial charge in [0.05, 0.1) is 19.0 Å². The third kappa shape index (κ3) is 6.52. The van der Waals surface area contributed by atoms with Gasteiger partial charge in [-0.25, -0.2) is 17.5 Å². The van der Waals surface area contributed by atoms with Crippen LogP contribution in [0.3, 0.4) is 0 Å². The Kier molecular flexibility index (Phi) is 7.10. The van der Waals surface area contributed by atoms with Gasteiger partial charge in [-0.2, -0.15) is 0 Å². The van der Waals surface area contributed by atoms with Crippen molar-refractivity contribution in [2.75, 3.05) is 51.7 Å². The molecule has 0 atom stereocenters. The first-order valence-corrected chi connectivity index (χ1v) is 9.43. The smallest absolute Gasteiger partial charge is 0.251 e. The molecule has 1 amide bonds. The van der Waals surface area contributed by atoms with Gasteiger partial charge in [-0.05, 0) is 24.3 Å². The first-order chi connectivity index (χ1) is 11.5. The van der Waals surface area contributed by atoms with E-state index in [-0.39, 0.29) is 17.9 Å². The van der Waals surface area contributed by atoms with Crippen LogP contribution in [0.15, 0.2) is 24.3 Å². The molecule has 2 rings (SSSR count). The van der Waals surface area contributed by atoms with Crippen molar-refractivity contribution in [2.24, 2.45) is 0 Å². The Hall–Kier alpha value is -1.55. The van der Waals surface area contributed by atoms with Crippen molar-refractivity contribution in [1.29, 1.82) is 0 Å². The topological polar surface area (TPSA) is 87.7 Å². The molecule has 1 heterocycles. The van der Waals surface area contributed by atoms with Gasteiger partial charge in [0, 0.05) is 38.3 Å². The third-order valence-corrected chi connectivity index (χ3v) is 5.00. The van der Waals surface area contributed by atoms with Crippen molar-refractivity contribution in [3.8, 4) is 0 Å². The Bertz CT molecular complexity index is 631. The fraction of sp³-hybridized carbons (Fsp3) is 0.533. The second-order valence-corrected chi connectivity index (χ2v) is 7.36. The number of amides is 1. The summed E-state index contributed by atoms with van der Waals surface area (Å²) in [5, 5.41) is 2.51. The number of carbonyl (C=O) groups is 1. The molecule has 134 valence electrons. The van der Waals surface area contributed by atoms with E-state index in [1.54, 1.807) is 0 Å². The minimum Gasteiger partial charge on any atom is -0.379 e. The third-order valence-electron chi connectivity index (χ3n) is 3.62. The van der Waals surface area contributed by atoms with Crippen molar-refractivity contribution in [3.05, 3.63) is 35.6 Å². The highest BCUT2D eigenvalue weighted by Crippen LogP contribution is 2.02. The first-order valence-electron chi connectivity index (χ1n) is 7.77. The van der Waals surface area contributed by atoms with Crippen LogP contribution in [0.5, 0.6) is 0 Å². The Morgan fingerprint density at radius 2 is 1.83 bits per heavy atom. The highest BCUT2D eigenvalue weighted by atomic mass is 32.2. The molecule has 1 aliphatic rings. The van der Waals surface area contributed by atoms with Crippen molar-refractivity contribution in [3.63, 3.8) is 0 Å². The fourth-order valence-corrected chi connectivity index (χ4v) is 3.18. The predicted molar refractivity (Wildman–Crippen MR) is 87.8 cm³/mol. The quantitative estimate of drug-likeness (QED) is 0.672. The molecule has 1 aliphatic heterocycles. The Labute approximate surface area is 141 Å². The van der Waals surface area contributed by atoms with Crippen LogP contribution in [-0.2, 0) is 14.8 Å². The summed E-state index contributed by atoms with van der Waals surface area (Å²) in [5.74, 6) is -1.07. The molecule has 1 aromatic rings. The van der Waals surface area contributed by atoms with Gasteiger partial charge >= 0.3 is 0 Å². The molecule has 0 saturated carbocycles. The molecule has 0 unspecified atom stereocenters. The van der Waals surface area contributed by atoms with Crippen LogP contribution in [0.25, 0.3) is 0 Å². The number of hydrogen-bond donors (Lipinski definition) is 2. The van der Waals surface area contributed by atoms with E-state index < -0.39 is 21.7 Å². The van der Waals surface area contributed by atoms with Gasteiger partial charge < -0.3 is 10.1 Å². The maximum Gasteiger partial charge on any atom is 0.251 e. The predicted octanol–water partition coefficient (Wildman–Crippen LogP) is -0.193. The minimum absolute atomic E-state index is 0.0108. The van der Waals surface area contributed by atoms with Crippen LogP contribution in [0.4, 0.5) is 4.39 Å². The summed E-state index contributed by atoms with van der Waals surface area (Å²) in [4.78, 5) is 13.9. The molecule has 24 heavy (non-hydrogen) atoms. The number of rotatable bonds is 8. The van der Waals surface area contributed by atoms with Crippen molar-refractivity contribution >= 4 is 15.9 Å². The first kappa shape index (κ1) is 18.8. The monoisotopic (exact) mass is 359 g/mol. The Morgan fingerprint density at radius 3 is 2.50 bits per heavy atom. The highest BCUT2D eigenvalue weighted by molar-refractivity contribution is 7.89. The number of nitrogens with one attached hydrogen (secondary N) is 2. The molecule has 1 fully saturated rings. The van der Waals surface area contributed by atoms with Gasteiger partial charge in [-0.15, -0.1) is 0 Å². The van der Waals surface area contributed by atoms with E-state index in [0.29, 0.717) is 26.3 Å². The van der Waals surface area contributed by atoms with Gasteiger partial charge in [0.15, 0.2) is 0 Å². The van der Waals surface area contributed by atoms with Crippen LogP contribution >= 0.6 is 0 Å². The lowest BCUT2D eigenvalue weighted by atomic mass is 10.2. The van der Waals surface area contributed by atoms with Gasteiger partial charge in [0.2, 0.25) is 10.0 Å². The van der Waals surface area contributed by atoms with E-state index >= 15 is 0 Å².